The van der Waals surface area contributed by atoms with Gasteiger partial charge in [0.2, 0.25) is 0 Å². The molecule has 0 saturated carbocycles. The number of morpholine rings is 1. The van der Waals surface area contributed by atoms with E-state index in [1.807, 2.05) is 18.2 Å². The summed E-state index contributed by atoms with van der Waals surface area (Å²) in [5, 5.41) is 0. The Morgan fingerprint density at radius 3 is 2.84 bits per heavy atom. The summed E-state index contributed by atoms with van der Waals surface area (Å²) in [6.07, 6.45) is 0. The molecule has 6 heteroatoms. The fourth-order valence-corrected chi connectivity index (χ4v) is 2.44. The minimum absolute atomic E-state index is 0.0234. The molecule has 0 unspecified atom stereocenters. The molecule has 0 aromatic heterocycles. The first-order valence-corrected chi connectivity index (χ1v) is 6.97. The molecule has 1 fully saturated rings. The first kappa shape index (κ1) is 14.3. The number of carbonyl (C=O) groups excluding carboxylic acids is 1. The zero-order valence-electron chi connectivity index (χ0n) is 10.6. The molecule has 1 heterocycles. The van der Waals surface area contributed by atoms with Gasteiger partial charge in [-0.1, -0.05) is 12.1 Å². The van der Waals surface area contributed by atoms with Crippen LogP contribution in [0.4, 0.5) is 0 Å². The molecule has 0 radical (unpaired) electrons. The molecule has 0 aliphatic carbocycles. The maximum Gasteiger partial charge on any atom is 0.260 e. The van der Waals surface area contributed by atoms with Crippen LogP contribution in [0.15, 0.2) is 22.7 Å². The molecule has 104 valence electrons. The van der Waals surface area contributed by atoms with Crippen LogP contribution in [-0.2, 0) is 16.1 Å². The maximum atomic E-state index is 12.0. The van der Waals surface area contributed by atoms with Crippen molar-refractivity contribution in [3.8, 4) is 5.75 Å². The number of nitrogens with two attached hydrogens (primary N) is 1. The smallest absolute Gasteiger partial charge is 0.260 e. The minimum atomic E-state index is -0.0259. The Morgan fingerprint density at radius 1 is 1.42 bits per heavy atom. The van der Waals surface area contributed by atoms with E-state index in [-0.39, 0.29) is 12.5 Å². The van der Waals surface area contributed by atoms with E-state index in [2.05, 4.69) is 15.9 Å². The Hall–Kier alpha value is -1.11. The van der Waals surface area contributed by atoms with E-state index < -0.39 is 0 Å². The van der Waals surface area contributed by atoms with Crippen LogP contribution >= 0.6 is 15.9 Å². The van der Waals surface area contributed by atoms with E-state index in [1.165, 1.54) is 0 Å². The lowest BCUT2D eigenvalue weighted by Crippen LogP contribution is -2.43. The first-order valence-electron chi connectivity index (χ1n) is 6.18. The number of halogens is 1. The average molecular weight is 329 g/mol. The second kappa shape index (κ2) is 6.88. The second-order valence-corrected chi connectivity index (χ2v) is 5.07. The highest BCUT2D eigenvalue weighted by molar-refractivity contribution is 9.10. The summed E-state index contributed by atoms with van der Waals surface area (Å²) < 4.78 is 11.6. The molecule has 1 aliphatic heterocycles. The molecule has 0 bridgehead atoms. The van der Waals surface area contributed by atoms with Crippen molar-refractivity contribution in [2.75, 3.05) is 32.9 Å². The van der Waals surface area contributed by atoms with Crippen LogP contribution in [0.2, 0.25) is 0 Å². The Kier molecular flexibility index (Phi) is 5.18. The van der Waals surface area contributed by atoms with E-state index in [9.17, 15) is 4.79 Å². The van der Waals surface area contributed by atoms with Gasteiger partial charge >= 0.3 is 0 Å². The number of amides is 1. The Balaban J connectivity index is 1.96. The van der Waals surface area contributed by atoms with E-state index in [0.29, 0.717) is 38.6 Å². The van der Waals surface area contributed by atoms with Gasteiger partial charge in [0.25, 0.3) is 5.91 Å². The predicted octanol–water partition coefficient (Wildman–Crippen LogP) is 1.15. The van der Waals surface area contributed by atoms with E-state index in [1.54, 1.807) is 4.90 Å². The number of carbonyl (C=O) groups is 1. The molecule has 2 rings (SSSR count). The summed E-state index contributed by atoms with van der Waals surface area (Å²) in [5.74, 6) is 0.619. The van der Waals surface area contributed by atoms with Crippen molar-refractivity contribution in [3.63, 3.8) is 0 Å². The zero-order valence-corrected chi connectivity index (χ0v) is 12.2. The van der Waals surface area contributed by atoms with Crippen LogP contribution in [0.5, 0.6) is 5.75 Å². The quantitative estimate of drug-likeness (QED) is 0.900. The summed E-state index contributed by atoms with van der Waals surface area (Å²) in [6.45, 7) is 2.84. The fourth-order valence-electron chi connectivity index (χ4n) is 1.91. The lowest BCUT2D eigenvalue weighted by atomic mass is 10.2. The first-order chi connectivity index (χ1) is 9.22. The van der Waals surface area contributed by atoms with E-state index in [0.717, 1.165) is 10.0 Å². The molecule has 1 saturated heterocycles. The Labute approximate surface area is 120 Å². The maximum absolute atomic E-state index is 12.0. The molecule has 1 aromatic rings. The number of benzene rings is 1. The van der Waals surface area contributed by atoms with Gasteiger partial charge in [0, 0.05) is 25.2 Å². The van der Waals surface area contributed by atoms with Crippen LogP contribution in [0.1, 0.15) is 5.56 Å². The Morgan fingerprint density at radius 2 is 2.16 bits per heavy atom. The highest BCUT2D eigenvalue weighted by Gasteiger charge is 2.18. The second-order valence-electron chi connectivity index (χ2n) is 4.21. The average Bonchev–Trinajstić information content (AvgIpc) is 2.46. The molecule has 1 aliphatic rings. The van der Waals surface area contributed by atoms with Gasteiger partial charge in [0.05, 0.1) is 17.7 Å². The SMILES string of the molecule is NCc1cccc(Br)c1OCC(=O)N1CCOCC1. The highest BCUT2D eigenvalue weighted by Crippen LogP contribution is 2.28. The minimum Gasteiger partial charge on any atom is -0.482 e. The van der Waals surface area contributed by atoms with Crippen molar-refractivity contribution < 1.29 is 14.3 Å². The van der Waals surface area contributed by atoms with Gasteiger partial charge in [0.1, 0.15) is 5.75 Å². The lowest BCUT2D eigenvalue weighted by Gasteiger charge is -2.27. The zero-order chi connectivity index (χ0) is 13.7. The van der Waals surface area contributed by atoms with Gasteiger partial charge in [0.15, 0.2) is 6.61 Å². The molecule has 0 atom stereocenters. The van der Waals surface area contributed by atoms with E-state index >= 15 is 0 Å². The topological polar surface area (TPSA) is 64.8 Å². The predicted molar refractivity (Wildman–Crippen MR) is 74.9 cm³/mol. The molecular weight excluding hydrogens is 312 g/mol. The van der Waals surface area contributed by atoms with Gasteiger partial charge in [-0.2, -0.15) is 0 Å². The van der Waals surface area contributed by atoms with Crippen molar-refractivity contribution in [2.45, 2.75) is 6.54 Å². The molecule has 2 N–H and O–H groups in total. The lowest BCUT2D eigenvalue weighted by molar-refractivity contribution is -0.137. The van der Waals surface area contributed by atoms with Crippen LogP contribution in [0.3, 0.4) is 0 Å². The number of para-hydroxylation sites is 1. The normalized spacial score (nSPS) is 15.4. The monoisotopic (exact) mass is 328 g/mol. The standard InChI is InChI=1S/C13H17BrN2O3/c14-11-3-1-2-10(8-15)13(11)19-9-12(17)16-4-6-18-7-5-16/h1-3H,4-9,15H2. The van der Waals surface area contributed by atoms with Crippen molar-refractivity contribution >= 4 is 21.8 Å². The fraction of sp³-hybridized carbons (Fsp3) is 0.462. The number of hydrogen-bond acceptors (Lipinski definition) is 4. The summed E-state index contributed by atoms with van der Waals surface area (Å²) in [5.41, 5.74) is 6.53. The number of ether oxygens (including phenoxy) is 2. The summed E-state index contributed by atoms with van der Waals surface area (Å²) in [6, 6.07) is 5.65. The molecule has 19 heavy (non-hydrogen) atoms. The van der Waals surface area contributed by atoms with Crippen LogP contribution < -0.4 is 10.5 Å². The largest absolute Gasteiger partial charge is 0.482 e. The molecule has 5 nitrogen and oxygen atoms in total. The van der Waals surface area contributed by atoms with Crippen LogP contribution in [0.25, 0.3) is 0 Å². The third-order valence-corrected chi connectivity index (χ3v) is 3.60. The van der Waals surface area contributed by atoms with Crippen LogP contribution in [0, 0.1) is 0 Å². The van der Waals surface area contributed by atoms with Crippen molar-refractivity contribution in [1.29, 1.82) is 0 Å². The van der Waals surface area contributed by atoms with Gasteiger partial charge in [-0.25, -0.2) is 0 Å². The van der Waals surface area contributed by atoms with Crippen molar-refractivity contribution in [3.05, 3.63) is 28.2 Å². The number of rotatable bonds is 4. The van der Waals surface area contributed by atoms with Crippen molar-refractivity contribution in [1.82, 2.24) is 4.90 Å². The van der Waals surface area contributed by atoms with Gasteiger partial charge < -0.3 is 20.1 Å². The molecule has 0 spiro atoms. The van der Waals surface area contributed by atoms with E-state index in [4.69, 9.17) is 15.2 Å². The Bertz CT molecular complexity index is 448. The third kappa shape index (κ3) is 3.68. The number of nitrogens with zero attached hydrogens (tertiary/aromatic N) is 1. The number of hydrogen-bond donors (Lipinski definition) is 1. The molecule has 1 amide bonds. The van der Waals surface area contributed by atoms with Crippen LogP contribution in [-0.4, -0.2) is 43.7 Å². The highest BCUT2D eigenvalue weighted by atomic mass is 79.9. The summed E-state index contributed by atoms with van der Waals surface area (Å²) in [7, 11) is 0. The van der Waals surface area contributed by atoms with Gasteiger partial charge in [-0.15, -0.1) is 0 Å². The van der Waals surface area contributed by atoms with Gasteiger partial charge in [-0.05, 0) is 22.0 Å². The van der Waals surface area contributed by atoms with Gasteiger partial charge in [-0.3, -0.25) is 4.79 Å². The molecule has 1 aromatic carbocycles. The summed E-state index contributed by atoms with van der Waals surface area (Å²) >= 11 is 3.41. The van der Waals surface area contributed by atoms with Crippen molar-refractivity contribution in [2.24, 2.45) is 5.73 Å². The third-order valence-electron chi connectivity index (χ3n) is 2.97. The molecular formula is C13H17BrN2O3. The summed E-state index contributed by atoms with van der Waals surface area (Å²) in [4.78, 5) is 13.7.